The van der Waals surface area contributed by atoms with Crippen molar-refractivity contribution in [3.05, 3.63) is 35.2 Å². The van der Waals surface area contributed by atoms with Crippen molar-refractivity contribution in [1.82, 2.24) is 0 Å². The predicted molar refractivity (Wildman–Crippen MR) is 68.0 cm³/mol. The summed E-state index contributed by atoms with van der Waals surface area (Å²) < 4.78 is 1.38. The summed E-state index contributed by atoms with van der Waals surface area (Å²) in [7, 11) is 0. The Morgan fingerprint density at radius 1 is 1.25 bits per heavy atom. The highest BCUT2D eigenvalue weighted by Gasteiger charge is 2.22. The first kappa shape index (κ1) is 10.0. The molecule has 1 aromatic carbocycles. The number of hydrogen-bond donors (Lipinski definition) is 0. The lowest BCUT2D eigenvalue weighted by Crippen LogP contribution is -2.13. The molecule has 1 atom stereocenters. The number of ketones is 1. The van der Waals surface area contributed by atoms with Crippen LogP contribution in [0.1, 0.15) is 37.2 Å². The third-order valence-electron chi connectivity index (χ3n) is 3.43. The van der Waals surface area contributed by atoms with E-state index in [0.29, 0.717) is 11.7 Å². The molecular formula is C14H14OS. The summed E-state index contributed by atoms with van der Waals surface area (Å²) in [6.45, 7) is 0. The summed E-state index contributed by atoms with van der Waals surface area (Å²) in [5, 5.41) is 3.46. The van der Waals surface area contributed by atoms with Crippen molar-refractivity contribution in [2.75, 3.05) is 0 Å². The summed E-state index contributed by atoms with van der Waals surface area (Å²) >= 11 is 1.80. The highest BCUT2D eigenvalue weighted by atomic mass is 32.1. The first-order valence-electron chi connectivity index (χ1n) is 5.82. The Kier molecular flexibility index (Phi) is 2.52. The number of fused-ring (bicyclic) bond motifs is 1. The minimum Gasteiger partial charge on any atom is -0.300 e. The van der Waals surface area contributed by atoms with E-state index in [-0.39, 0.29) is 0 Å². The van der Waals surface area contributed by atoms with Gasteiger partial charge in [0.1, 0.15) is 5.78 Å². The maximum atomic E-state index is 11.5. The van der Waals surface area contributed by atoms with E-state index in [9.17, 15) is 4.79 Å². The molecule has 3 rings (SSSR count). The number of thiophene rings is 1. The van der Waals surface area contributed by atoms with Gasteiger partial charge in [0.25, 0.3) is 0 Å². The van der Waals surface area contributed by atoms with Crippen LogP contribution in [0.2, 0.25) is 0 Å². The zero-order valence-electron chi connectivity index (χ0n) is 9.11. The van der Waals surface area contributed by atoms with Gasteiger partial charge in [-0.3, -0.25) is 4.79 Å². The maximum Gasteiger partial charge on any atom is 0.133 e. The van der Waals surface area contributed by atoms with E-state index in [1.165, 1.54) is 22.1 Å². The molecule has 0 bridgehead atoms. The topological polar surface area (TPSA) is 17.1 Å². The third kappa shape index (κ3) is 1.67. The Labute approximate surface area is 99.1 Å². The number of carbonyl (C=O) groups excluding carboxylic acids is 1. The van der Waals surface area contributed by atoms with E-state index in [0.717, 1.165) is 19.3 Å². The van der Waals surface area contributed by atoms with Gasteiger partial charge in [-0.05, 0) is 41.2 Å². The lowest BCUT2D eigenvalue weighted by atomic mass is 9.83. The Hall–Kier alpha value is -1.15. The first-order valence-corrected chi connectivity index (χ1v) is 6.70. The lowest BCUT2D eigenvalue weighted by Gasteiger charge is -2.21. The molecule has 1 aromatic heterocycles. The van der Waals surface area contributed by atoms with Gasteiger partial charge >= 0.3 is 0 Å². The van der Waals surface area contributed by atoms with E-state index in [4.69, 9.17) is 0 Å². The summed E-state index contributed by atoms with van der Waals surface area (Å²) in [6.07, 6.45) is 3.77. The van der Waals surface area contributed by atoms with E-state index in [1.54, 1.807) is 11.3 Å². The number of carbonyl (C=O) groups is 1. The maximum absolute atomic E-state index is 11.5. The molecule has 1 unspecified atom stereocenters. The van der Waals surface area contributed by atoms with Crippen molar-refractivity contribution in [2.45, 2.75) is 31.6 Å². The highest BCUT2D eigenvalue weighted by molar-refractivity contribution is 7.17. The van der Waals surface area contributed by atoms with E-state index < -0.39 is 0 Å². The molecule has 0 N–H and O–H groups in total. The zero-order valence-corrected chi connectivity index (χ0v) is 9.93. The number of hydrogen-bond acceptors (Lipinski definition) is 2. The summed E-state index contributed by atoms with van der Waals surface area (Å²) in [6, 6.07) is 8.62. The average molecular weight is 230 g/mol. The van der Waals surface area contributed by atoms with Gasteiger partial charge in [-0.2, -0.15) is 0 Å². The predicted octanol–water partition coefficient (Wildman–Crippen LogP) is 4.13. The molecule has 16 heavy (non-hydrogen) atoms. The van der Waals surface area contributed by atoms with Crippen LogP contribution in [0.5, 0.6) is 0 Å². The van der Waals surface area contributed by atoms with Crippen molar-refractivity contribution in [2.24, 2.45) is 0 Å². The fourth-order valence-corrected chi connectivity index (χ4v) is 3.62. The van der Waals surface area contributed by atoms with Crippen molar-refractivity contribution in [3.63, 3.8) is 0 Å². The van der Waals surface area contributed by atoms with Crippen LogP contribution in [0.25, 0.3) is 10.1 Å². The minimum atomic E-state index is 0.435. The normalized spacial score (nSPS) is 21.5. The van der Waals surface area contributed by atoms with Crippen molar-refractivity contribution >= 4 is 27.2 Å². The molecular weight excluding hydrogens is 216 g/mol. The van der Waals surface area contributed by atoms with Gasteiger partial charge in [-0.1, -0.05) is 18.2 Å². The lowest BCUT2D eigenvalue weighted by molar-refractivity contribution is -0.120. The second kappa shape index (κ2) is 4.02. The molecule has 0 amide bonds. The van der Waals surface area contributed by atoms with E-state index in [2.05, 4.69) is 29.6 Å². The van der Waals surface area contributed by atoms with Gasteiger partial charge in [-0.25, -0.2) is 0 Å². The van der Waals surface area contributed by atoms with Crippen molar-refractivity contribution in [1.29, 1.82) is 0 Å². The Balaban J connectivity index is 2.04. The van der Waals surface area contributed by atoms with Crippen LogP contribution in [-0.2, 0) is 4.79 Å². The zero-order chi connectivity index (χ0) is 11.0. The van der Waals surface area contributed by atoms with Gasteiger partial charge in [0.15, 0.2) is 0 Å². The molecule has 2 heteroatoms. The second-order valence-corrected chi connectivity index (χ2v) is 5.43. The SMILES string of the molecule is O=C1CCCC(c2cccc3ccsc23)C1. The van der Waals surface area contributed by atoms with Gasteiger partial charge in [0, 0.05) is 17.5 Å². The summed E-state index contributed by atoms with van der Waals surface area (Å²) in [5.74, 6) is 0.897. The molecule has 1 fully saturated rings. The fraction of sp³-hybridized carbons (Fsp3) is 0.357. The molecule has 1 heterocycles. The van der Waals surface area contributed by atoms with Gasteiger partial charge in [0.05, 0.1) is 0 Å². The van der Waals surface area contributed by atoms with Gasteiger partial charge in [0.2, 0.25) is 0 Å². The second-order valence-electron chi connectivity index (χ2n) is 4.52. The van der Waals surface area contributed by atoms with Gasteiger partial charge < -0.3 is 0 Å². The number of Topliss-reactive ketones (excluding diaryl/α,β-unsaturated/α-hetero) is 1. The van der Waals surface area contributed by atoms with E-state index >= 15 is 0 Å². The summed E-state index contributed by atoms with van der Waals surface area (Å²) in [4.78, 5) is 11.5. The average Bonchev–Trinajstić information content (AvgIpc) is 2.76. The van der Waals surface area contributed by atoms with Crippen molar-refractivity contribution in [3.8, 4) is 0 Å². The standard InChI is InChI=1S/C14H14OS/c15-12-5-1-4-11(9-12)13-6-2-3-10-7-8-16-14(10)13/h2-3,6-8,11H,1,4-5,9H2. The van der Waals surface area contributed by atoms with Crippen molar-refractivity contribution < 1.29 is 4.79 Å². The quantitative estimate of drug-likeness (QED) is 0.720. The largest absolute Gasteiger partial charge is 0.300 e. The van der Waals surface area contributed by atoms with Crippen LogP contribution in [0, 0.1) is 0 Å². The van der Waals surface area contributed by atoms with Crippen LogP contribution < -0.4 is 0 Å². The Morgan fingerprint density at radius 2 is 2.19 bits per heavy atom. The molecule has 0 spiro atoms. The molecule has 1 aliphatic carbocycles. The summed E-state index contributed by atoms with van der Waals surface area (Å²) in [5.41, 5.74) is 1.39. The molecule has 0 radical (unpaired) electrons. The number of benzene rings is 1. The van der Waals surface area contributed by atoms with Crippen LogP contribution >= 0.6 is 11.3 Å². The number of rotatable bonds is 1. The molecule has 2 aromatic rings. The fourth-order valence-electron chi connectivity index (χ4n) is 2.63. The molecule has 0 aliphatic heterocycles. The molecule has 82 valence electrons. The molecule has 0 saturated heterocycles. The highest BCUT2D eigenvalue weighted by Crippen LogP contribution is 2.36. The third-order valence-corrected chi connectivity index (χ3v) is 4.41. The Bertz CT molecular complexity index is 526. The monoisotopic (exact) mass is 230 g/mol. The van der Waals surface area contributed by atoms with Crippen LogP contribution in [0.3, 0.4) is 0 Å². The Morgan fingerprint density at radius 3 is 3.06 bits per heavy atom. The first-order chi connectivity index (χ1) is 7.84. The molecule has 1 saturated carbocycles. The van der Waals surface area contributed by atoms with Crippen LogP contribution in [0.15, 0.2) is 29.6 Å². The van der Waals surface area contributed by atoms with Crippen LogP contribution in [0.4, 0.5) is 0 Å². The molecule has 1 aliphatic rings. The smallest absolute Gasteiger partial charge is 0.133 e. The van der Waals surface area contributed by atoms with E-state index in [1.807, 2.05) is 0 Å². The van der Waals surface area contributed by atoms with Crippen LogP contribution in [-0.4, -0.2) is 5.78 Å². The molecule has 1 nitrogen and oxygen atoms in total. The minimum absolute atomic E-state index is 0.435. The van der Waals surface area contributed by atoms with Gasteiger partial charge in [-0.15, -0.1) is 11.3 Å².